The molecule has 0 unspecified atom stereocenters. The molecule has 1 N–H and O–H groups in total. The van der Waals surface area contributed by atoms with Gasteiger partial charge in [-0.25, -0.2) is 0 Å². The number of carbonyl (C=O) groups excluding carboxylic acids is 2. The number of benzene rings is 1. The summed E-state index contributed by atoms with van der Waals surface area (Å²) >= 11 is 0. The maximum absolute atomic E-state index is 12.5. The topological polar surface area (TPSA) is 49.4 Å². The van der Waals surface area contributed by atoms with E-state index in [0.717, 1.165) is 25.8 Å². The second kappa shape index (κ2) is 7.97. The van der Waals surface area contributed by atoms with Crippen LogP contribution in [0.25, 0.3) is 0 Å². The number of likely N-dealkylation sites (tertiary alicyclic amines) is 1. The summed E-state index contributed by atoms with van der Waals surface area (Å²) in [5.74, 6) is 0.473. The molecule has 1 heterocycles. The van der Waals surface area contributed by atoms with E-state index >= 15 is 0 Å². The zero-order valence-electron chi connectivity index (χ0n) is 13.5. The lowest BCUT2D eigenvalue weighted by molar-refractivity contribution is -0.132. The Hall–Kier alpha value is -1.84. The van der Waals surface area contributed by atoms with E-state index in [1.807, 2.05) is 11.0 Å². The molecule has 120 valence electrons. The summed E-state index contributed by atoms with van der Waals surface area (Å²) in [5.41, 5.74) is 1.32. The van der Waals surface area contributed by atoms with E-state index in [1.54, 1.807) is 0 Å². The van der Waals surface area contributed by atoms with Gasteiger partial charge in [0, 0.05) is 38.4 Å². The van der Waals surface area contributed by atoms with Crippen LogP contribution in [0.5, 0.6) is 0 Å². The van der Waals surface area contributed by atoms with Crippen LogP contribution in [0.3, 0.4) is 0 Å². The van der Waals surface area contributed by atoms with Crippen molar-refractivity contribution in [3.8, 4) is 0 Å². The van der Waals surface area contributed by atoms with Gasteiger partial charge in [0.1, 0.15) is 0 Å². The predicted molar refractivity (Wildman–Crippen MR) is 87.5 cm³/mol. The molecule has 0 radical (unpaired) electrons. The third kappa shape index (κ3) is 4.09. The van der Waals surface area contributed by atoms with Gasteiger partial charge in [0.15, 0.2) is 0 Å². The SMILES string of the molecule is CC[C@@H](c1ccccc1)[C@@H]1CCCN1C(=O)CCNC(C)=O. The van der Waals surface area contributed by atoms with E-state index in [2.05, 4.69) is 36.5 Å². The third-order valence-corrected chi connectivity index (χ3v) is 4.46. The van der Waals surface area contributed by atoms with E-state index in [-0.39, 0.29) is 17.9 Å². The van der Waals surface area contributed by atoms with Crippen molar-refractivity contribution in [1.29, 1.82) is 0 Å². The highest BCUT2D eigenvalue weighted by molar-refractivity contribution is 5.78. The molecule has 4 heteroatoms. The Balaban J connectivity index is 2.02. The largest absolute Gasteiger partial charge is 0.356 e. The molecule has 1 aromatic carbocycles. The van der Waals surface area contributed by atoms with Crippen LogP contribution in [-0.2, 0) is 9.59 Å². The highest BCUT2D eigenvalue weighted by Crippen LogP contribution is 2.33. The fourth-order valence-corrected chi connectivity index (χ4v) is 3.44. The summed E-state index contributed by atoms with van der Waals surface area (Å²) < 4.78 is 0. The standard InChI is InChI=1S/C18H26N2O2/c1-3-16(15-8-5-4-6-9-15)17-10-7-13-20(17)18(22)11-12-19-14(2)21/h4-6,8-9,16-17H,3,7,10-13H2,1-2H3,(H,19,21)/t16-,17-/m0/s1. The third-order valence-electron chi connectivity index (χ3n) is 4.46. The van der Waals surface area contributed by atoms with Crippen molar-refractivity contribution in [3.63, 3.8) is 0 Å². The highest BCUT2D eigenvalue weighted by atomic mass is 16.2. The Morgan fingerprint density at radius 3 is 2.68 bits per heavy atom. The van der Waals surface area contributed by atoms with Crippen molar-refractivity contribution in [2.45, 2.75) is 51.5 Å². The number of amides is 2. The van der Waals surface area contributed by atoms with Gasteiger partial charge in [0.25, 0.3) is 0 Å². The van der Waals surface area contributed by atoms with Crippen LogP contribution in [-0.4, -0.2) is 35.8 Å². The molecule has 1 aliphatic heterocycles. The van der Waals surface area contributed by atoms with Crippen molar-refractivity contribution in [2.24, 2.45) is 0 Å². The lowest BCUT2D eigenvalue weighted by atomic mass is 9.87. The van der Waals surface area contributed by atoms with Crippen molar-refractivity contribution in [2.75, 3.05) is 13.1 Å². The van der Waals surface area contributed by atoms with Crippen molar-refractivity contribution >= 4 is 11.8 Å². The summed E-state index contributed by atoms with van der Waals surface area (Å²) in [4.78, 5) is 25.4. The molecule has 1 fully saturated rings. The molecule has 0 saturated carbocycles. The molecule has 4 nitrogen and oxygen atoms in total. The van der Waals surface area contributed by atoms with Crippen molar-refractivity contribution < 1.29 is 9.59 Å². The average molecular weight is 302 g/mol. The molecule has 2 rings (SSSR count). The second-order valence-corrected chi connectivity index (χ2v) is 5.96. The van der Waals surface area contributed by atoms with Crippen LogP contribution in [0.4, 0.5) is 0 Å². The quantitative estimate of drug-likeness (QED) is 0.878. The van der Waals surface area contributed by atoms with Gasteiger partial charge in [-0.15, -0.1) is 0 Å². The van der Waals surface area contributed by atoms with Gasteiger partial charge >= 0.3 is 0 Å². The Kier molecular flexibility index (Phi) is 5.99. The van der Waals surface area contributed by atoms with Gasteiger partial charge in [0.2, 0.25) is 11.8 Å². The second-order valence-electron chi connectivity index (χ2n) is 5.96. The van der Waals surface area contributed by atoms with Crippen LogP contribution in [0.2, 0.25) is 0 Å². The fraction of sp³-hybridized carbons (Fsp3) is 0.556. The summed E-state index contributed by atoms with van der Waals surface area (Å²) in [6.07, 6.45) is 3.56. The lowest BCUT2D eigenvalue weighted by Gasteiger charge is -2.31. The molecule has 22 heavy (non-hydrogen) atoms. The van der Waals surface area contributed by atoms with Crippen LogP contribution in [0, 0.1) is 0 Å². The molecular weight excluding hydrogens is 276 g/mol. The van der Waals surface area contributed by atoms with E-state index < -0.39 is 0 Å². The summed E-state index contributed by atoms with van der Waals surface area (Å²) in [7, 11) is 0. The van der Waals surface area contributed by atoms with Gasteiger partial charge in [0.05, 0.1) is 0 Å². The minimum absolute atomic E-state index is 0.0820. The van der Waals surface area contributed by atoms with Gasteiger partial charge in [-0.3, -0.25) is 9.59 Å². The summed E-state index contributed by atoms with van der Waals surface area (Å²) in [6, 6.07) is 10.8. The first-order valence-corrected chi connectivity index (χ1v) is 8.22. The fourth-order valence-electron chi connectivity index (χ4n) is 3.44. The molecule has 1 saturated heterocycles. The van der Waals surface area contributed by atoms with Crippen molar-refractivity contribution in [3.05, 3.63) is 35.9 Å². The average Bonchev–Trinajstić information content (AvgIpc) is 2.98. The molecule has 1 aliphatic rings. The summed E-state index contributed by atoms with van der Waals surface area (Å²) in [5, 5.41) is 2.70. The van der Waals surface area contributed by atoms with Gasteiger partial charge in [-0.1, -0.05) is 37.3 Å². The number of nitrogens with one attached hydrogen (secondary N) is 1. The summed E-state index contributed by atoms with van der Waals surface area (Å²) in [6.45, 7) is 4.94. The lowest BCUT2D eigenvalue weighted by Crippen LogP contribution is -2.40. The van der Waals surface area contributed by atoms with Gasteiger partial charge < -0.3 is 10.2 Å². The molecule has 0 bridgehead atoms. The molecule has 2 atom stereocenters. The maximum atomic E-state index is 12.5. The van der Waals surface area contributed by atoms with Crippen LogP contribution in [0.15, 0.2) is 30.3 Å². The number of hydrogen-bond donors (Lipinski definition) is 1. The number of carbonyl (C=O) groups is 2. The van der Waals surface area contributed by atoms with Crippen LogP contribution in [0.1, 0.15) is 51.0 Å². The Bertz CT molecular complexity index is 501. The minimum atomic E-state index is -0.0820. The van der Waals surface area contributed by atoms with Gasteiger partial charge in [-0.05, 0) is 24.8 Å². The normalized spacial score (nSPS) is 19.0. The number of rotatable bonds is 6. The maximum Gasteiger partial charge on any atom is 0.224 e. The van der Waals surface area contributed by atoms with E-state index in [9.17, 15) is 9.59 Å². The first kappa shape index (κ1) is 16.5. The Labute approximate surface area is 132 Å². The highest BCUT2D eigenvalue weighted by Gasteiger charge is 2.34. The van der Waals surface area contributed by atoms with Crippen LogP contribution < -0.4 is 5.32 Å². The zero-order valence-corrected chi connectivity index (χ0v) is 13.5. The Morgan fingerprint density at radius 2 is 2.05 bits per heavy atom. The molecule has 0 aromatic heterocycles. The van der Waals surface area contributed by atoms with Crippen molar-refractivity contribution in [1.82, 2.24) is 10.2 Å². The zero-order chi connectivity index (χ0) is 15.9. The minimum Gasteiger partial charge on any atom is -0.356 e. The number of hydrogen-bond acceptors (Lipinski definition) is 2. The van der Waals surface area contributed by atoms with Gasteiger partial charge in [-0.2, -0.15) is 0 Å². The van der Waals surface area contributed by atoms with E-state index in [1.165, 1.54) is 12.5 Å². The first-order valence-electron chi connectivity index (χ1n) is 8.22. The molecule has 2 amide bonds. The van der Waals surface area contributed by atoms with Crippen LogP contribution >= 0.6 is 0 Å². The Morgan fingerprint density at radius 1 is 1.32 bits per heavy atom. The van der Waals surface area contributed by atoms with E-state index in [0.29, 0.717) is 18.9 Å². The predicted octanol–water partition coefficient (Wildman–Crippen LogP) is 2.70. The molecular formula is C18H26N2O2. The first-order chi connectivity index (χ1) is 10.6. The molecule has 0 spiro atoms. The van der Waals surface area contributed by atoms with E-state index in [4.69, 9.17) is 0 Å². The molecule has 1 aromatic rings. The molecule has 0 aliphatic carbocycles. The number of nitrogens with zero attached hydrogens (tertiary/aromatic N) is 1. The smallest absolute Gasteiger partial charge is 0.224 e. The monoisotopic (exact) mass is 302 g/mol.